The van der Waals surface area contributed by atoms with Gasteiger partial charge in [0.1, 0.15) is 11.8 Å². The van der Waals surface area contributed by atoms with E-state index >= 15 is 0 Å². The lowest BCUT2D eigenvalue weighted by molar-refractivity contribution is -0.142. The molecule has 0 spiro atoms. The van der Waals surface area contributed by atoms with Crippen molar-refractivity contribution in [1.82, 2.24) is 5.32 Å². The van der Waals surface area contributed by atoms with E-state index in [1.165, 1.54) is 12.0 Å². The number of amides is 2. The molecule has 1 aromatic carbocycles. The largest absolute Gasteiger partial charge is 0.495 e. The van der Waals surface area contributed by atoms with Crippen LogP contribution in [-0.4, -0.2) is 42.6 Å². The minimum absolute atomic E-state index is 0.0115. The molecule has 1 heterocycles. The summed E-state index contributed by atoms with van der Waals surface area (Å²) in [7, 11) is 1.48. The molecule has 1 aliphatic heterocycles. The van der Waals surface area contributed by atoms with E-state index in [1.807, 2.05) is 0 Å². The van der Waals surface area contributed by atoms with Crippen molar-refractivity contribution in [2.45, 2.75) is 25.8 Å². The molecule has 2 N–H and O–H groups in total. The highest BCUT2D eigenvalue weighted by molar-refractivity contribution is 6.31. The zero-order valence-electron chi connectivity index (χ0n) is 13.4. The predicted octanol–water partition coefficient (Wildman–Crippen LogP) is 1.68. The molecule has 0 bridgehead atoms. The Labute approximate surface area is 144 Å². The molecular weight excluding hydrogens is 336 g/mol. The van der Waals surface area contributed by atoms with E-state index in [4.69, 9.17) is 21.4 Å². The molecular formula is C16H19ClN2O5. The normalized spacial score (nSPS) is 18.4. The van der Waals surface area contributed by atoms with E-state index in [0.29, 0.717) is 16.5 Å². The Morgan fingerprint density at radius 2 is 2.21 bits per heavy atom. The summed E-state index contributed by atoms with van der Waals surface area (Å²) < 4.78 is 5.24. The van der Waals surface area contributed by atoms with Gasteiger partial charge in [-0.2, -0.15) is 0 Å². The molecule has 1 aliphatic rings. The maximum absolute atomic E-state index is 12.3. The lowest BCUT2D eigenvalue weighted by atomic mass is 10.1. The SMILES string of the molecule is CCC(NC(=O)C1CC(=O)N(c2cc(Cl)ccc2OC)C1)C(=O)O. The second-order valence-corrected chi connectivity index (χ2v) is 5.97. The number of carboxylic acids is 1. The Morgan fingerprint density at radius 3 is 2.79 bits per heavy atom. The van der Waals surface area contributed by atoms with Crippen molar-refractivity contribution in [2.24, 2.45) is 5.92 Å². The maximum atomic E-state index is 12.3. The molecule has 1 aromatic rings. The first kappa shape index (κ1) is 18.1. The summed E-state index contributed by atoms with van der Waals surface area (Å²) in [4.78, 5) is 37.0. The molecule has 0 aliphatic carbocycles. The number of rotatable bonds is 6. The van der Waals surface area contributed by atoms with E-state index in [1.54, 1.807) is 25.1 Å². The number of nitrogens with one attached hydrogen (secondary N) is 1. The van der Waals surface area contributed by atoms with Crippen LogP contribution in [0.1, 0.15) is 19.8 Å². The van der Waals surface area contributed by atoms with Crippen LogP contribution in [0, 0.1) is 5.92 Å². The molecule has 8 heteroatoms. The Balaban J connectivity index is 2.15. The summed E-state index contributed by atoms with van der Waals surface area (Å²) in [6.07, 6.45) is 0.283. The highest BCUT2D eigenvalue weighted by Gasteiger charge is 2.37. The van der Waals surface area contributed by atoms with Gasteiger partial charge in [-0.05, 0) is 24.6 Å². The van der Waals surface area contributed by atoms with Gasteiger partial charge in [-0.25, -0.2) is 4.79 Å². The second kappa shape index (κ2) is 7.53. The molecule has 0 aromatic heterocycles. The van der Waals surface area contributed by atoms with Crippen molar-refractivity contribution < 1.29 is 24.2 Å². The number of hydrogen-bond donors (Lipinski definition) is 2. The third-order valence-electron chi connectivity index (χ3n) is 3.95. The van der Waals surface area contributed by atoms with Gasteiger partial charge in [0.15, 0.2) is 0 Å². The number of methoxy groups -OCH3 is 1. The number of carbonyl (C=O) groups is 3. The molecule has 2 atom stereocenters. The smallest absolute Gasteiger partial charge is 0.326 e. The Morgan fingerprint density at radius 1 is 1.50 bits per heavy atom. The van der Waals surface area contributed by atoms with E-state index in [-0.39, 0.29) is 25.3 Å². The summed E-state index contributed by atoms with van der Waals surface area (Å²) in [5.74, 6) is -1.91. The number of aliphatic carboxylic acids is 1. The number of benzene rings is 1. The number of nitrogens with zero attached hydrogens (tertiary/aromatic N) is 1. The topological polar surface area (TPSA) is 95.9 Å². The van der Waals surface area contributed by atoms with Crippen molar-refractivity contribution >= 4 is 35.1 Å². The Bertz CT molecular complexity index is 664. The lowest BCUT2D eigenvalue weighted by Gasteiger charge is -2.20. The lowest BCUT2D eigenvalue weighted by Crippen LogP contribution is -2.43. The van der Waals surface area contributed by atoms with Crippen molar-refractivity contribution in [2.75, 3.05) is 18.6 Å². The van der Waals surface area contributed by atoms with Crippen molar-refractivity contribution in [3.8, 4) is 5.75 Å². The second-order valence-electron chi connectivity index (χ2n) is 5.53. The highest BCUT2D eigenvalue weighted by atomic mass is 35.5. The average Bonchev–Trinajstić information content (AvgIpc) is 2.93. The fraction of sp³-hybridized carbons (Fsp3) is 0.438. The zero-order valence-corrected chi connectivity index (χ0v) is 14.2. The first-order valence-corrected chi connectivity index (χ1v) is 7.92. The van der Waals surface area contributed by atoms with E-state index < -0.39 is 23.8 Å². The molecule has 2 unspecified atom stereocenters. The van der Waals surface area contributed by atoms with Gasteiger partial charge in [0.25, 0.3) is 0 Å². The van der Waals surface area contributed by atoms with Crippen LogP contribution in [0.2, 0.25) is 5.02 Å². The van der Waals surface area contributed by atoms with Crippen molar-refractivity contribution in [3.63, 3.8) is 0 Å². The maximum Gasteiger partial charge on any atom is 0.326 e. The van der Waals surface area contributed by atoms with E-state index in [2.05, 4.69) is 5.32 Å². The minimum Gasteiger partial charge on any atom is -0.495 e. The van der Waals surface area contributed by atoms with Gasteiger partial charge in [-0.1, -0.05) is 18.5 Å². The fourth-order valence-electron chi connectivity index (χ4n) is 2.62. The van der Waals surface area contributed by atoms with Crippen LogP contribution < -0.4 is 15.0 Å². The molecule has 2 rings (SSSR count). The number of anilines is 1. The third-order valence-corrected chi connectivity index (χ3v) is 4.19. The highest BCUT2D eigenvalue weighted by Crippen LogP contribution is 2.35. The molecule has 1 fully saturated rings. The van der Waals surface area contributed by atoms with Gasteiger partial charge < -0.3 is 20.1 Å². The van der Waals surface area contributed by atoms with Crippen LogP contribution in [0.4, 0.5) is 5.69 Å². The quantitative estimate of drug-likeness (QED) is 0.810. The van der Waals surface area contributed by atoms with E-state index in [9.17, 15) is 14.4 Å². The molecule has 0 saturated carbocycles. The van der Waals surface area contributed by atoms with Gasteiger partial charge in [0, 0.05) is 18.0 Å². The molecule has 130 valence electrons. The van der Waals surface area contributed by atoms with Gasteiger partial charge in [0.05, 0.1) is 18.7 Å². The van der Waals surface area contributed by atoms with Crippen LogP contribution >= 0.6 is 11.6 Å². The Hall–Kier alpha value is -2.28. The number of carbonyl (C=O) groups excluding carboxylic acids is 2. The summed E-state index contributed by atoms with van der Waals surface area (Å²) in [5, 5.41) is 11.9. The van der Waals surface area contributed by atoms with E-state index in [0.717, 1.165) is 0 Å². The third kappa shape index (κ3) is 3.79. The molecule has 0 radical (unpaired) electrons. The first-order chi connectivity index (χ1) is 11.4. The summed E-state index contributed by atoms with van der Waals surface area (Å²) in [6, 6.07) is 3.94. The number of halogens is 1. The summed E-state index contributed by atoms with van der Waals surface area (Å²) in [6.45, 7) is 1.82. The van der Waals surface area contributed by atoms with Gasteiger partial charge in [0.2, 0.25) is 11.8 Å². The number of carboxylic acid groups (broad SMARTS) is 1. The summed E-state index contributed by atoms with van der Waals surface area (Å²) >= 11 is 5.98. The average molecular weight is 355 g/mol. The van der Waals surface area contributed by atoms with Crippen LogP contribution in [0.25, 0.3) is 0 Å². The molecule has 7 nitrogen and oxygen atoms in total. The Kier molecular flexibility index (Phi) is 5.66. The van der Waals surface area contributed by atoms with Crippen LogP contribution in [0.5, 0.6) is 5.75 Å². The first-order valence-electron chi connectivity index (χ1n) is 7.54. The zero-order chi connectivity index (χ0) is 17.9. The van der Waals surface area contributed by atoms with Gasteiger partial charge in [-0.15, -0.1) is 0 Å². The monoisotopic (exact) mass is 354 g/mol. The predicted molar refractivity (Wildman–Crippen MR) is 88.3 cm³/mol. The number of hydrogen-bond acceptors (Lipinski definition) is 4. The standard InChI is InChI=1S/C16H19ClN2O5/c1-3-11(16(22)23)18-15(21)9-6-14(20)19(8-9)12-7-10(17)4-5-13(12)24-2/h4-5,7,9,11H,3,6,8H2,1-2H3,(H,18,21)(H,22,23). The fourth-order valence-corrected chi connectivity index (χ4v) is 2.78. The molecule has 2 amide bonds. The van der Waals surface area contributed by atoms with Crippen LogP contribution in [0.3, 0.4) is 0 Å². The van der Waals surface area contributed by atoms with Crippen LogP contribution in [-0.2, 0) is 14.4 Å². The molecule has 24 heavy (non-hydrogen) atoms. The van der Waals surface area contributed by atoms with Crippen LogP contribution in [0.15, 0.2) is 18.2 Å². The van der Waals surface area contributed by atoms with Crippen molar-refractivity contribution in [3.05, 3.63) is 23.2 Å². The van der Waals surface area contributed by atoms with Gasteiger partial charge in [-0.3, -0.25) is 9.59 Å². The van der Waals surface area contributed by atoms with Crippen molar-refractivity contribution in [1.29, 1.82) is 0 Å². The van der Waals surface area contributed by atoms with Gasteiger partial charge >= 0.3 is 5.97 Å². The molecule has 1 saturated heterocycles. The minimum atomic E-state index is -1.09. The number of ether oxygens (including phenoxy) is 1. The summed E-state index contributed by atoms with van der Waals surface area (Å²) in [5.41, 5.74) is 0.496.